The van der Waals surface area contributed by atoms with Crippen LogP contribution in [0.1, 0.15) is 37.7 Å². The monoisotopic (exact) mass is 290 g/mol. The Morgan fingerprint density at radius 2 is 2.10 bits per heavy atom. The van der Waals surface area contributed by atoms with Crippen LogP contribution < -0.4 is 10.6 Å². The summed E-state index contributed by atoms with van der Waals surface area (Å²) in [6, 6.07) is 4.19. The molecule has 0 heterocycles. The van der Waals surface area contributed by atoms with Crippen LogP contribution in [0.2, 0.25) is 0 Å². The van der Waals surface area contributed by atoms with Gasteiger partial charge in [-0.2, -0.15) is 0 Å². The van der Waals surface area contributed by atoms with Crippen LogP contribution in [-0.2, 0) is 0 Å². The highest BCUT2D eigenvalue weighted by Gasteiger charge is 2.15. The van der Waals surface area contributed by atoms with Gasteiger partial charge >= 0.3 is 6.03 Å². The number of carbonyl (C=O) groups is 1. The SMILES string of the molecule is O=C(Nc1ccc(C#CCO)c(F)c1)NC1CCCCC1. The molecule has 1 fully saturated rings. The highest BCUT2D eigenvalue weighted by Crippen LogP contribution is 2.18. The molecule has 1 aliphatic rings. The number of nitrogens with one attached hydrogen (secondary N) is 2. The number of hydrogen-bond donors (Lipinski definition) is 3. The third-order valence-corrected chi connectivity index (χ3v) is 3.47. The van der Waals surface area contributed by atoms with Gasteiger partial charge < -0.3 is 15.7 Å². The molecule has 0 spiro atoms. The first-order valence-corrected chi connectivity index (χ1v) is 7.16. The molecule has 0 saturated heterocycles. The number of aliphatic hydroxyl groups excluding tert-OH is 1. The Balaban J connectivity index is 1.92. The van der Waals surface area contributed by atoms with Crippen molar-refractivity contribution < 1.29 is 14.3 Å². The van der Waals surface area contributed by atoms with Gasteiger partial charge in [0.1, 0.15) is 12.4 Å². The van der Waals surface area contributed by atoms with Crippen molar-refractivity contribution in [1.82, 2.24) is 5.32 Å². The van der Waals surface area contributed by atoms with E-state index in [9.17, 15) is 9.18 Å². The van der Waals surface area contributed by atoms with Crippen molar-refractivity contribution in [3.05, 3.63) is 29.6 Å². The average molecular weight is 290 g/mol. The predicted molar refractivity (Wildman–Crippen MR) is 79.4 cm³/mol. The van der Waals surface area contributed by atoms with Crippen LogP contribution in [0.15, 0.2) is 18.2 Å². The third-order valence-electron chi connectivity index (χ3n) is 3.47. The first kappa shape index (κ1) is 15.3. The molecule has 1 aromatic rings. The summed E-state index contributed by atoms with van der Waals surface area (Å²) >= 11 is 0. The average Bonchev–Trinajstić information content (AvgIpc) is 2.47. The summed E-state index contributed by atoms with van der Waals surface area (Å²) < 4.78 is 13.7. The van der Waals surface area contributed by atoms with Gasteiger partial charge in [-0.3, -0.25) is 0 Å². The van der Waals surface area contributed by atoms with Crippen molar-refractivity contribution in [3.63, 3.8) is 0 Å². The minimum absolute atomic E-state index is 0.197. The number of rotatable bonds is 2. The second-order valence-corrected chi connectivity index (χ2v) is 5.09. The Bertz CT molecular complexity index is 557. The van der Waals surface area contributed by atoms with E-state index < -0.39 is 5.82 Å². The number of halogens is 1. The standard InChI is InChI=1S/C16H19FN2O2/c17-15-11-14(9-8-12(15)5-4-10-20)19-16(21)18-13-6-2-1-3-7-13/h8-9,11,13,20H,1-3,6-7,10H2,(H2,18,19,21). The van der Waals surface area contributed by atoms with E-state index in [0.29, 0.717) is 5.69 Å². The van der Waals surface area contributed by atoms with Gasteiger partial charge in [0.25, 0.3) is 0 Å². The van der Waals surface area contributed by atoms with Crippen LogP contribution in [0.3, 0.4) is 0 Å². The first-order chi connectivity index (χ1) is 10.2. The zero-order chi connectivity index (χ0) is 15.1. The van der Waals surface area contributed by atoms with E-state index in [0.717, 1.165) is 25.7 Å². The van der Waals surface area contributed by atoms with Crippen molar-refractivity contribution in [2.45, 2.75) is 38.1 Å². The lowest BCUT2D eigenvalue weighted by molar-refractivity contribution is 0.244. The third kappa shape index (κ3) is 4.76. The molecule has 0 atom stereocenters. The van der Waals surface area contributed by atoms with Crippen molar-refractivity contribution in [2.24, 2.45) is 0 Å². The zero-order valence-electron chi connectivity index (χ0n) is 11.8. The number of aliphatic hydroxyl groups is 1. The van der Waals surface area contributed by atoms with Crippen LogP contribution in [0.4, 0.5) is 14.9 Å². The lowest BCUT2D eigenvalue weighted by atomic mass is 9.96. The molecule has 2 amide bonds. The molecule has 1 saturated carbocycles. The maximum Gasteiger partial charge on any atom is 0.319 e. The molecule has 21 heavy (non-hydrogen) atoms. The molecule has 1 aromatic carbocycles. The molecule has 0 unspecified atom stereocenters. The van der Waals surface area contributed by atoms with Crippen molar-refractivity contribution >= 4 is 11.7 Å². The second kappa shape index (κ2) is 7.65. The number of anilines is 1. The highest BCUT2D eigenvalue weighted by atomic mass is 19.1. The summed E-state index contributed by atoms with van der Waals surface area (Å²) in [5.41, 5.74) is 0.581. The van der Waals surface area contributed by atoms with Crippen molar-refractivity contribution in [2.75, 3.05) is 11.9 Å². The van der Waals surface area contributed by atoms with Gasteiger partial charge in [-0.15, -0.1) is 0 Å². The van der Waals surface area contributed by atoms with E-state index in [4.69, 9.17) is 5.11 Å². The smallest absolute Gasteiger partial charge is 0.319 e. The fourth-order valence-corrected chi connectivity index (χ4v) is 2.43. The molecular weight excluding hydrogens is 271 g/mol. The molecule has 0 bridgehead atoms. The maximum atomic E-state index is 13.7. The summed E-state index contributed by atoms with van der Waals surface area (Å²) in [5.74, 6) is 4.37. The first-order valence-electron chi connectivity index (χ1n) is 7.16. The molecular formula is C16H19FN2O2. The van der Waals surface area contributed by atoms with Crippen LogP contribution in [0.5, 0.6) is 0 Å². The molecule has 3 N–H and O–H groups in total. The molecule has 5 heteroatoms. The largest absolute Gasteiger partial charge is 0.384 e. The Morgan fingerprint density at radius 3 is 2.76 bits per heavy atom. The van der Waals surface area contributed by atoms with E-state index in [-0.39, 0.29) is 24.2 Å². The zero-order valence-corrected chi connectivity index (χ0v) is 11.8. The van der Waals surface area contributed by atoms with Gasteiger partial charge in [-0.1, -0.05) is 31.1 Å². The molecule has 1 aliphatic carbocycles. The van der Waals surface area contributed by atoms with Crippen LogP contribution in [-0.4, -0.2) is 23.8 Å². The molecule has 112 valence electrons. The fourth-order valence-electron chi connectivity index (χ4n) is 2.43. The number of benzene rings is 1. The van der Waals surface area contributed by atoms with Gasteiger partial charge in [0.15, 0.2) is 0 Å². The normalized spacial score (nSPS) is 15.0. The fraction of sp³-hybridized carbons (Fsp3) is 0.438. The van der Waals surface area contributed by atoms with Gasteiger partial charge in [0, 0.05) is 11.7 Å². The van der Waals surface area contributed by atoms with Gasteiger partial charge in [-0.25, -0.2) is 9.18 Å². The van der Waals surface area contributed by atoms with Gasteiger partial charge in [0.2, 0.25) is 0 Å². The molecule has 0 aromatic heterocycles. The summed E-state index contributed by atoms with van der Waals surface area (Å²) in [7, 11) is 0. The predicted octanol–water partition coefficient (Wildman–Crippen LogP) is 2.62. The number of urea groups is 1. The topological polar surface area (TPSA) is 61.4 Å². The molecule has 0 aliphatic heterocycles. The summed E-state index contributed by atoms with van der Waals surface area (Å²) in [6.07, 6.45) is 5.49. The van der Waals surface area contributed by atoms with Crippen LogP contribution in [0.25, 0.3) is 0 Å². The number of hydrogen-bond acceptors (Lipinski definition) is 2. The lowest BCUT2D eigenvalue weighted by Gasteiger charge is -2.22. The van der Waals surface area contributed by atoms with Gasteiger partial charge in [0.05, 0.1) is 5.56 Å². The number of carbonyl (C=O) groups excluding carboxylic acids is 1. The van der Waals surface area contributed by atoms with E-state index in [1.165, 1.54) is 18.6 Å². The second-order valence-electron chi connectivity index (χ2n) is 5.09. The van der Waals surface area contributed by atoms with Crippen LogP contribution >= 0.6 is 0 Å². The summed E-state index contributed by atoms with van der Waals surface area (Å²) in [4.78, 5) is 11.8. The Hall–Kier alpha value is -2.06. The lowest BCUT2D eigenvalue weighted by Crippen LogP contribution is -2.39. The highest BCUT2D eigenvalue weighted by molar-refractivity contribution is 5.89. The minimum Gasteiger partial charge on any atom is -0.384 e. The van der Waals surface area contributed by atoms with Crippen molar-refractivity contribution in [1.29, 1.82) is 0 Å². The Kier molecular flexibility index (Phi) is 5.59. The Labute approximate surface area is 123 Å². The van der Waals surface area contributed by atoms with E-state index in [2.05, 4.69) is 22.5 Å². The Morgan fingerprint density at radius 1 is 1.33 bits per heavy atom. The van der Waals surface area contributed by atoms with Crippen molar-refractivity contribution in [3.8, 4) is 11.8 Å². The number of amides is 2. The molecule has 4 nitrogen and oxygen atoms in total. The summed E-state index contributed by atoms with van der Waals surface area (Å²) in [6.45, 7) is -0.316. The quantitative estimate of drug-likeness (QED) is 0.733. The summed E-state index contributed by atoms with van der Waals surface area (Å²) in [5, 5.41) is 14.1. The van der Waals surface area contributed by atoms with E-state index in [1.807, 2.05) is 0 Å². The van der Waals surface area contributed by atoms with Gasteiger partial charge in [-0.05, 0) is 31.0 Å². The van der Waals surface area contributed by atoms with E-state index in [1.54, 1.807) is 6.07 Å². The maximum absolute atomic E-state index is 13.7. The minimum atomic E-state index is -0.522. The molecule has 2 rings (SSSR count). The van der Waals surface area contributed by atoms with Crippen LogP contribution in [0, 0.1) is 17.7 Å². The molecule has 0 radical (unpaired) electrons. The van der Waals surface area contributed by atoms with E-state index >= 15 is 0 Å².